The number of alkyl halides is 4. The maximum Gasteiger partial charge on any atom is 0.426 e. The molecule has 3 atom stereocenters. The zero-order chi connectivity index (χ0) is 29.0. The summed E-state index contributed by atoms with van der Waals surface area (Å²) in [6.07, 6.45) is -1.06. The van der Waals surface area contributed by atoms with E-state index in [1.54, 1.807) is 18.2 Å². The molecule has 2 aromatic carbocycles. The van der Waals surface area contributed by atoms with Gasteiger partial charge in [0, 0.05) is 23.9 Å². The van der Waals surface area contributed by atoms with Gasteiger partial charge in [0.25, 0.3) is 0 Å². The molecule has 3 unspecified atom stereocenters. The summed E-state index contributed by atoms with van der Waals surface area (Å²) in [5.41, 5.74) is -2.12. The first kappa shape index (κ1) is 29.2. The molecule has 2 fully saturated rings. The Morgan fingerprint density at radius 3 is 2.27 bits per heavy atom. The molecule has 40 heavy (non-hydrogen) atoms. The third-order valence-electron chi connectivity index (χ3n) is 9.43. The van der Waals surface area contributed by atoms with E-state index in [-0.39, 0.29) is 17.9 Å². The molecule has 0 bridgehead atoms. The third-order valence-corrected chi connectivity index (χ3v) is 10.2. The zero-order valence-corrected chi connectivity index (χ0v) is 23.6. The summed E-state index contributed by atoms with van der Waals surface area (Å²) in [6.45, 7) is 1.02. The van der Waals surface area contributed by atoms with Crippen LogP contribution in [-0.4, -0.2) is 40.6 Å². The van der Waals surface area contributed by atoms with Crippen LogP contribution in [0.15, 0.2) is 36.4 Å². The summed E-state index contributed by atoms with van der Waals surface area (Å²) in [7, 11) is 0. The molecule has 216 valence electrons. The standard InChI is InChI=1S/C30H31Cl2F4NO3/c1-28(33,30(34,35)36)21-8-9-22-20(15-21)7-11-25-29(22,16-17-2-10-23(31)24(32)14-17)12-13-37(25)26(38)18-3-5-19(6-4-18)27(39)40/h2,8-10,14-15,18-19,25H,3-7,11-13,16H2,1H3,(H,39,40). The second kappa shape index (κ2) is 10.5. The highest BCUT2D eigenvalue weighted by atomic mass is 35.5. The number of aliphatic carboxylic acids is 1. The van der Waals surface area contributed by atoms with Gasteiger partial charge >= 0.3 is 12.1 Å². The molecule has 0 spiro atoms. The fourth-order valence-corrected chi connectivity index (χ4v) is 7.44. The molecule has 1 amide bonds. The van der Waals surface area contributed by atoms with Gasteiger partial charge in [-0.05, 0) is 92.7 Å². The van der Waals surface area contributed by atoms with Crippen molar-refractivity contribution in [2.45, 2.75) is 81.6 Å². The van der Waals surface area contributed by atoms with Crippen molar-refractivity contribution in [3.63, 3.8) is 0 Å². The van der Waals surface area contributed by atoms with E-state index in [2.05, 4.69) is 0 Å². The number of fused-ring (bicyclic) bond motifs is 3. The number of nitrogens with zero attached hydrogens (tertiary/aromatic N) is 1. The number of carbonyl (C=O) groups is 2. The molecule has 4 nitrogen and oxygen atoms in total. The average molecular weight is 600 g/mol. The van der Waals surface area contributed by atoms with Gasteiger partial charge < -0.3 is 10.0 Å². The normalized spacial score (nSPS) is 28.0. The minimum absolute atomic E-state index is 0.0123. The number of likely N-dealkylation sites (tertiary alicyclic amines) is 1. The lowest BCUT2D eigenvalue weighted by Crippen LogP contribution is -2.51. The number of hydrogen-bond donors (Lipinski definition) is 1. The molecule has 2 aliphatic carbocycles. The predicted octanol–water partition coefficient (Wildman–Crippen LogP) is 7.66. The Morgan fingerprint density at radius 2 is 1.65 bits per heavy atom. The minimum Gasteiger partial charge on any atom is -0.481 e. The van der Waals surface area contributed by atoms with E-state index in [9.17, 15) is 32.3 Å². The van der Waals surface area contributed by atoms with Gasteiger partial charge in [0.05, 0.1) is 16.0 Å². The summed E-state index contributed by atoms with van der Waals surface area (Å²) < 4.78 is 55.4. The maximum atomic E-state index is 14.9. The van der Waals surface area contributed by atoms with E-state index >= 15 is 0 Å². The molecular formula is C30H31Cl2F4NO3. The van der Waals surface area contributed by atoms with Crippen molar-refractivity contribution in [1.82, 2.24) is 4.90 Å². The average Bonchev–Trinajstić information content (AvgIpc) is 3.28. The Bertz CT molecular complexity index is 1320. The Hall–Kier alpha value is -2.32. The van der Waals surface area contributed by atoms with Crippen molar-refractivity contribution in [2.75, 3.05) is 6.54 Å². The van der Waals surface area contributed by atoms with Gasteiger partial charge in [-0.2, -0.15) is 13.2 Å². The molecule has 1 heterocycles. The van der Waals surface area contributed by atoms with Crippen LogP contribution in [-0.2, 0) is 33.5 Å². The smallest absolute Gasteiger partial charge is 0.426 e. The largest absolute Gasteiger partial charge is 0.481 e. The van der Waals surface area contributed by atoms with Crippen molar-refractivity contribution in [3.05, 3.63) is 68.7 Å². The van der Waals surface area contributed by atoms with Crippen molar-refractivity contribution < 1.29 is 32.3 Å². The van der Waals surface area contributed by atoms with E-state index in [1.165, 1.54) is 12.1 Å². The number of benzene rings is 2. The summed E-state index contributed by atoms with van der Waals surface area (Å²) in [4.78, 5) is 27.1. The number of carbonyl (C=O) groups excluding carboxylic acids is 1. The van der Waals surface area contributed by atoms with Gasteiger partial charge in [0.1, 0.15) is 0 Å². The van der Waals surface area contributed by atoms with E-state index in [4.69, 9.17) is 23.2 Å². The Kier molecular flexibility index (Phi) is 7.66. The maximum absolute atomic E-state index is 14.9. The lowest BCUT2D eigenvalue weighted by Gasteiger charge is -2.45. The van der Waals surface area contributed by atoms with Crippen LogP contribution in [0.5, 0.6) is 0 Å². The van der Waals surface area contributed by atoms with Crippen LogP contribution < -0.4 is 0 Å². The van der Waals surface area contributed by atoms with Gasteiger partial charge in [-0.1, -0.05) is 47.5 Å². The van der Waals surface area contributed by atoms with Crippen molar-refractivity contribution in [3.8, 4) is 0 Å². The molecule has 1 saturated heterocycles. The number of rotatable bonds is 5. The number of carboxylic acid groups (broad SMARTS) is 1. The van der Waals surface area contributed by atoms with Crippen molar-refractivity contribution >= 4 is 35.1 Å². The molecule has 0 aromatic heterocycles. The van der Waals surface area contributed by atoms with Gasteiger partial charge in [0.15, 0.2) is 0 Å². The van der Waals surface area contributed by atoms with Crippen LogP contribution in [0.3, 0.4) is 0 Å². The van der Waals surface area contributed by atoms with Gasteiger partial charge in [0.2, 0.25) is 11.6 Å². The zero-order valence-electron chi connectivity index (χ0n) is 22.0. The highest BCUT2D eigenvalue weighted by molar-refractivity contribution is 6.42. The first-order valence-corrected chi connectivity index (χ1v) is 14.4. The number of carboxylic acids is 1. The van der Waals surface area contributed by atoms with Crippen LogP contribution in [0, 0.1) is 11.8 Å². The summed E-state index contributed by atoms with van der Waals surface area (Å²) in [5.74, 6) is -1.49. The van der Waals surface area contributed by atoms with Crippen LogP contribution in [0.1, 0.15) is 67.7 Å². The van der Waals surface area contributed by atoms with Crippen LogP contribution in [0.4, 0.5) is 17.6 Å². The molecule has 10 heteroatoms. The predicted molar refractivity (Wildman–Crippen MR) is 144 cm³/mol. The summed E-state index contributed by atoms with van der Waals surface area (Å²) >= 11 is 12.5. The molecule has 3 aliphatic rings. The van der Waals surface area contributed by atoms with E-state index in [1.807, 2.05) is 11.0 Å². The van der Waals surface area contributed by atoms with Crippen LogP contribution >= 0.6 is 23.2 Å². The van der Waals surface area contributed by atoms with E-state index in [0.717, 1.165) is 11.1 Å². The topological polar surface area (TPSA) is 57.6 Å². The lowest BCUT2D eigenvalue weighted by molar-refractivity contribution is -0.228. The highest BCUT2D eigenvalue weighted by Gasteiger charge is 2.56. The molecule has 5 rings (SSSR count). The number of aryl methyl sites for hydroxylation is 1. The lowest BCUT2D eigenvalue weighted by atomic mass is 9.63. The quantitative estimate of drug-likeness (QED) is 0.359. The molecule has 1 saturated carbocycles. The van der Waals surface area contributed by atoms with Gasteiger partial charge in [-0.3, -0.25) is 9.59 Å². The second-order valence-corrected chi connectivity index (χ2v) is 12.5. The number of halogens is 6. The van der Waals surface area contributed by atoms with Crippen molar-refractivity contribution in [2.24, 2.45) is 11.8 Å². The first-order valence-electron chi connectivity index (χ1n) is 13.6. The SMILES string of the molecule is CC(F)(c1ccc2c(c1)CCC1N(C(=O)C3CCC(C(=O)O)CC3)CCC21Cc1ccc(Cl)c(Cl)c1)C(F)(F)F. The summed E-state index contributed by atoms with van der Waals surface area (Å²) in [6, 6.07) is 9.32. The summed E-state index contributed by atoms with van der Waals surface area (Å²) in [5, 5.41) is 10.1. The van der Waals surface area contributed by atoms with Gasteiger partial charge in [-0.25, -0.2) is 4.39 Å². The number of hydrogen-bond acceptors (Lipinski definition) is 2. The van der Waals surface area contributed by atoms with E-state index in [0.29, 0.717) is 80.4 Å². The first-order chi connectivity index (χ1) is 18.7. The molecule has 1 N–H and O–H groups in total. The second-order valence-electron chi connectivity index (χ2n) is 11.7. The van der Waals surface area contributed by atoms with Gasteiger partial charge in [-0.15, -0.1) is 0 Å². The Morgan fingerprint density at radius 1 is 0.975 bits per heavy atom. The molecule has 1 aliphatic heterocycles. The molecule has 2 aromatic rings. The third kappa shape index (κ3) is 5.00. The van der Waals surface area contributed by atoms with Crippen molar-refractivity contribution in [1.29, 1.82) is 0 Å². The fraction of sp³-hybridized carbons (Fsp3) is 0.533. The molecule has 0 radical (unpaired) electrons. The van der Waals surface area contributed by atoms with Crippen LogP contribution in [0.2, 0.25) is 10.0 Å². The highest BCUT2D eigenvalue weighted by Crippen LogP contribution is 2.52. The number of amides is 1. The fourth-order valence-electron chi connectivity index (χ4n) is 7.12. The Balaban J connectivity index is 1.51. The monoisotopic (exact) mass is 599 g/mol. The van der Waals surface area contributed by atoms with Crippen LogP contribution in [0.25, 0.3) is 0 Å². The Labute approximate surface area is 240 Å². The minimum atomic E-state index is -5.05. The van der Waals surface area contributed by atoms with E-state index < -0.39 is 34.7 Å². The molecular weight excluding hydrogens is 569 g/mol.